The van der Waals surface area contributed by atoms with Gasteiger partial charge in [0.1, 0.15) is 0 Å². The summed E-state index contributed by atoms with van der Waals surface area (Å²) in [5.74, 6) is 0. The monoisotopic (exact) mass is 159 g/mol. The Morgan fingerprint density at radius 3 is 2.67 bits per heavy atom. The van der Waals surface area contributed by atoms with Crippen LogP contribution in [0.15, 0.2) is 31.0 Å². The minimum Gasteiger partial charge on any atom is -0.405 e. The zero-order chi connectivity index (χ0) is 8.97. The van der Waals surface area contributed by atoms with Crippen LogP contribution in [-0.4, -0.2) is 0 Å². The van der Waals surface area contributed by atoms with Crippen molar-refractivity contribution in [1.82, 2.24) is 0 Å². The second-order valence-electron chi connectivity index (χ2n) is 2.70. The Bertz CT molecular complexity index is 311. The first kappa shape index (κ1) is 8.60. The van der Waals surface area contributed by atoms with Crippen molar-refractivity contribution in [2.45, 2.75) is 6.92 Å². The van der Waals surface area contributed by atoms with Crippen LogP contribution in [0.4, 0.5) is 0 Å². The third kappa shape index (κ3) is 1.76. The highest BCUT2D eigenvalue weighted by Crippen LogP contribution is 2.13. The molecule has 0 aromatic heterocycles. The lowest BCUT2D eigenvalue weighted by atomic mass is 10.0. The molecule has 0 heterocycles. The third-order valence-corrected chi connectivity index (χ3v) is 1.74. The molecule has 2 N–H and O–H groups in total. The van der Waals surface area contributed by atoms with Crippen molar-refractivity contribution in [2.24, 2.45) is 5.73 Å². The van der Waals surface area contributed by atoms with Crippen molar-refractivity contribution in [3.05, 3.63) is 47.7 Å². The van der Waals surface area contributed by atoms with Gasteiger partial charge in [0.05, 0.1) is 0 Å². The Labute approximate surface area is 73.2 Å². The molecule has 0 unspecified atom stereocenters. The second kappa shape index (κ2) is 3.77. The van der Waals surface area contributed by atoms with Gasteiger partial charge in [0.2, 0.25) is 0 Å². The van der Waals surface area contributed by atoms with E-state index in [1.165, 1.54) is 5.56 Å². The second-order valence-corrected chi connectivity index (χ2v) is 2.70. The van der Waals surface area contributed by atoms with E-state index < -0.39 is 0 Å². The van der Waals surface area contributed by atoms with E-state index in [4.69, 9.17) is 5.73 Å². The number of nitrogens with two attached hydrogens (primary N) is 1. The van der Waals surface area contributed by atoms with E-state index in [1.54, 1.807) is 6.20 Å². The summed E-state index contributed by atoms with van der Waals surface area (Å²) in [6.07, 6.45) is 5.25. The van der Waals surface area contributed by atoms with Crippen molar-refractivity contribution in [3.63, 3.8) is 0 Å². The lowest BCUT2D eigenvalue weighted by Crippen LogP contribution is -1.84. The molecule has 0 aliphatic heterocycles. The summed E-state index contributed by atoms with van der Waals surface area (Å²) in [4.78, 5) is 0. The minimum absolute atomic E-state index is 1.11. The maximum absolute atomic E-state index is 5.32. The number of aryl methyl sites for hydroxylation is 1. The quantitative estimate of drug-likeness (QED) is 0.705. The van der Waals surface area contributed by atoms with Crippen LogP contribution in [0.2, 0.25) is 0 Å². The number of benzene rings is 1. The van der Waals surface area contributed by atoms with Gasteiger partial charge >= 0.3 is 0 Å². The molecule has 1 aromatic rings. The van der Waals surface area contributed by atoms with E-state index >= 15 is 0 Å². The van der Waals surface area contributed by atoms with Crippen molar-refractivity contribution in [1.29, 1.82) is 0 Å². The summed E-state index contributed by atoms with van der Waals surface area (Å²) in [5.41, 5.74) is 8.78. The van der Waals surface area contributed by atoms with Gasteiger partial charge in [-0.1, -0.05) is 36.4 Å². The van der Waals surface area contributed by atoms with Crippen molar-refractivity contribution in [3.8, 4) is 0 Å². The summed E-state index contributed by atoms with van der Waals surface area (Å²) >= 11 is 0. The van der Waals surface area contributed by atoms with E-state index in [0.29, 0.717) is 0 Å². The predicted octanol–water partition coefficient (Wildman–Crippen LogP) is 2.57. The van der Waals surface area contributed by atoms with Gasteiger partial charge in [-0.3, -0.25) is 0 Å². The lowest BCUT2D eigenvalue weighted by molar-refractivity contribution is 1.44. The molecule has 0 atom stereocenters. The zero-order valence-corrected chi connectivity index (χ0v) is 7.25. The average Bonchev–Trinajstić information content (AvgIpc) is 2.05. The minimum atomic E-state index is 1.11. The van der Waals surface area contributed by atoms with Gasteiger partial charge in [-0.05, 0) is 30.3 Å². The molecule has 12 heavy (non-hydrogen) atoms. The van der Waals surface area contributed by atoms with Crippen molar-refractivity contribution < 1.29 is 0 Å². The van der Waals surface area contributed by atoms with Gasteiger partial charge < -0.3 is 5.73 Å². The Balaban J connectivity index is 3.20. The van der Waals surface area contributed by atoms with E-state index in [2.05, 4.69) is 25.6 Å². The Morgan fingerprint density at radius 2 is 2.08 bits per heavy atom. The fourth-order valence-corrected chi connectivity index (χ4v) is 1.13. The van der Waals surface area contributed by atoms with Crippen molar-refractivity contribution >= 4 is 12.2 Å². The van der Waals surface area contributed by atoms with Gasteiger partial charge in [0.15, 0.2) is 0 Å². The van der Waals surface area contributed by atoms with Gasteiger partial charge in [-0.15, -0.1) is 0 Å². The highest BCUT2D eigenvalue weighted by molar-refractivity contribution is 5.64. The highest BCUT2D eigenvalue weighted by atomic mass is 14.5. The first-order valence-corrected chi connectivity index (χ1v) is 3.89. The zero-order valence-electron chi connectivity index (χ0n) is 7.25. The summed E-state index contributed by atoms with van der Waals surface area (Å²) < 4.78 is 0. The highest BCUT2D eigenvalue weighted by Gasteiger charge is 1.94. The van der Waals surface area contributed by atoms with Crippen LogP contribution in [0.3, 0.4) is 0 Å². The van der Waals surface area contributed by atoms with Crippen LogP contribution in [0, 0.1) is 6.92 Å². The largest absolute Gasteiger partial charge is 0.405 e. The first-order valence-electron chi connectivity index (χ1n) is 3.89. The topological polar surface area (TPSA) is 26.0 Å². The molecule has 0 fully saturated rings. The molecule has 0 spiro atoms. The van der Waals surface area contributed by atoms with E-state index in [-0.39, 0.29) is 0 Å². The molecule has 1 nitrogen and oxygen atoms in total. The molecule has 0 saturated heterocycles. The van der Waals surface area contributed by atoms with Gasteiger partial charge in [-0.25, -0.2) is 0 Å². The van der Waals surface area contributed by atoms with E-state index in [9.17, 15) is 0 Å². The molecule has 0 aliphatic rings. The summed E-state index contributed by atoms with van der Waals surface area (Å²) in [5, 5.41) is 0. The number of hydrogen-bond donors (Lipinski definition) is 1. The van der Waals surface area contributed by atoms with Gasteiger partial charge in [0, 0.05) is 0 Å². The lowest BCUT2D eigenvalue weighted by Gasteiger charge is -2.01. The molecule has 0 saturated carbocycles. The molecule has 0 aliphatic carbocycles. The molecule has 1 heteroatoms. The first-order chi connectivity index (χ1) is 5.77. The molecule has 0 radical (unpaired) electrons. The fraction of sp³-hybridized carbons (Fsp3) is 0.0909. The molecule has 0 bridgehead atoms. The van der Waals surface area contributed by atoms with E-state index in [0.717, 1.165) is 11.1 Å². The number of rotatable bonds is 2. The summed E-state index contributed by atoms with van der Waals surface area (Å²) in [6.45, 7) is 5.79. The molecule has 1 aromatic carbocycles. The predicted molar refractivity (Wildman–Crippen MR) is 54.5 cm³/mol. The van der Waals surface area contributed by atoms with Crippen LogP contribution in [0.5, 0.6) is 0 Å². The molecular formula is C11H13N. The molecular weight excluding hydrogens is 146 g/mol. The third-order valence-electron chi connectivity index (χ3n) is 1.74. The fourth-order valence-electron chi connectivity index (χ4n) is 1.13. The van der Waals surface area contributed by atoms with Gasteiger partial charge in [0.25, 0.3) is 0 Å². The van der Waals surface area contributed by atoms with Gasteiger partial charge in [-0.2, -0.15) is 0 Å². The van der Waals surface area contributed by atoms with Crippen LogP contribution >= 0.6 is 0 Å². The maximum atomic E-state index is 5.32. The SMILES string of the molecule is C=Cc1ccc(C)cc1/C=C\N. The van der Waals surface area contributed by atoms with Crippen molar-refractivity contribution in [2.75, 3.05) is 0 Å². The summed E-state index contributed by atoms with van der Waals surface area (Å²) in [6, 6.07) is 6.18. The van der Waals surface area contributed by atoms with Crippen LogP contribution < -0.4 is 5.73 Å². The Kier molecular flexibility index (Phi) is 2.70. The molecule has 62 valence electrons. The Morgan fingerprint density at radius 1 is 1.33 bits per heavy atom. The normalized spacial score (nSPS) is 10.4. The summed E-state index contributed by atoms with van der Waals surface area (Å²) in [7, 11) is 0. The maximum Gasteiger partial charge on any atom is -0.00561 e. The molecule has 1 rings (SSSR count). The number of hydrogen-bond acceptors (Lipinski definition) is 1. The van der Waals surface area contributed by atoms with Crippen LogP contribution in [-0.2, 0) is 0 Å². The van der Waals surface area contributed by atoms with Crippen LogP contribution in [0.1, 0.15) is 16.7 Å². The average molecular weight is 159 g/mol. The van der Waals surface area contributed by atoms with Crippen LogP contribution in [0.25, 0.3) is 12.2 Å². The standard InChI is InChI=1S/C11H13N/c1-3-10-5-4-9(2)8-11(10)6-7-12/h3-8H,1,12H2,2H3/b7-6-. The molecule has 0 amide bonds. The Hall–Kier alpha value is -1.50. The smallest absolute Gasteiger partial charge is 0.00561 e. The van der Waals surface area contributed by atoms with E-state index in [1.807, 2.05) is 18.2 Å².